The molecule has 2 aliphatic carbocycles. The van der Waals surface area contributed by atoms with Gasteiger partial charge in [-0.1, -0.05) is 25.0 Å². The van der Waals surface area contributed by atoms with Crippen molar-refractivity contribution in [1.82, 2.24) is 0 Å². The van der Waals surface area contributed by atoms with Crippen LogP contribution in [0.15, 0.2) is 11.1 Å². The van der Waals surface area contributed by atoms with Crippen LogP contribution < -0.4 is 5.73 Å². The van der Waals surface area contributed by atoms with Crippen LogP contribution >= 0.6 is 0 Å². The second-order valence-electron chi connectivity index (χ2n) is 5.90. The van der Waals surface area contributed by atoms with Gasteiger partial charge in [-0.2, -0.15) is 0 Å². The molecule has 1 nitrogen and oxygen atoms in total. The van der Waals surface area contributed by atoms with Crippen molar-refractivity contribution in [1.29, 1.82) is 0 Å². The molecule has 2 saturated carbocycles. The van der Waals surface area contributed by atoms with Gasteiger partial charge in [0.15, 0.2) is 0 Å². The monoisotopic (exact) mass is 207 g/mol. The van der Waals surface area contributed by atoms with Crippen LogP contribution in [-0.4, -0.2) is 6.04 Å². The van der Waals surface area contributed by atoms with Gasteiger partial charge in [0.1, 0.15) is 0 Å². The summed E-state index contributed by atoms with van der Waals surface area (Å²) in [5, 5.41) is 0. The lowest BCUT2D eigenvalue weighted by Crippen LogP contribution is -2.24. The Morgan fingerprint density at radius 3 is 2.00 bits per heavy atom. The van der Waals surface area contributed by atoms with E-state index in [4.69, 9.17) is 5.73 Å². The van der Waals surface area contributed by atoms with E-state index < -0.39 is 0 Å². The molecule has 0 amide bonds. The van der Waals surface area contributed by atoms with Crippen LogP contribution in [0.2, 0.25) is 0 Å². The minimum Gasteiger partial charge on any atom is -0.328 e. The third-order valence-corrected chi connectivity index (χ3v) is 4.13. The maximum absolute atomic E-state index is 5.96. The maximum Gasteiger partial charge on any atom is 0.00449 e. The van der Waals surface area contributed by atoms with Crippen molar-refractivity contribution >= 4 is 0 Å². The third kappa shape index (κ3) is 2.84. The highest BCUT2D eigenvalue weighted by Gasteiger charge is 2.23. The topological polar surface area (TPSA) is 26.0 Å². The van der Waals surface area contributed by atoms with E-state index in [0.717, 1.165) is 11.8 Å². The van der Waals surface area contributed by atoms with E-state index in [2.05, 4.69) is 13.8 Å². The fourth-order valence-electron chi connectivity index (χ4n) is 3.41. The molecule has 2 N–H and O–H groups in total. The van der Waals surface area contributed by atoms with Crippen LogP contribution in [0.25, 0.3) is 0 Å². The highest BCUT2D eigenvalue weighted by Crippen LogP contribution is 2.37. The molecular formula is C14H25N. The van der Waals surface area contributed by atoms with Crippen molar-refractivity contribution in [3.63, 3.8) is 0 Å². The van der Waals surface area contributed by atoms with Crippen LogP contribution in [0.5, 0.6) is 0 Å². The molecule has 0 heterocycles. The van der Waals surface area contributed by atoms with Crippen molar-refractivity contribution in [3.05, 3.63) is 11.1 Å². The summed E-state index contributed by atoms with van der Waals surface area (Å²) in [6, 6.07) is 0.479. The molecule has 86 valence electrons. The number of allylic oxidation sites excluding steroid dienone is 2. The lowest BCUT2D eigenvalue weighted by molar-refractivity contribution is 0.351. The molecule has 15 heavy (non-hydrogen) atoms. The first-order chi connectivity index (χ1) is 7.15. The second kappa shape index (κ2) is 4.69. The highest BCUT2D eigenvalue weighted by molar-refractivity contribution is 5.19. The van der Waals surface area contributed by atoms with E-state index in [-0.39, 0.29) is 0 Å². The van der Waals surface area contributed by atoms with E-state index >= 15 is 0 Å². The fraction of sp³-hybridized carbons (Fsp3) is 0.857. The Labute approximate surface area is 94.1 Å². The van der Waals surface area contributed by atoms with E-state index in [1.54, 1.807) is 11.1 Å². The Morgan fingerprint density at radius 2 is 1.47 bits per heavy atom. The predicted octanol–water partition coefficient (Wildman–Crippen LogP) is 3.64. The summed E-state index contributed by atoms with van der Waals surface area (Å²) in [7, 11) is 0. The zero-order chi connectivity index (χ0) is 10.8. The van der Waals surface area contributed by atoms with Crippen molar-refractivity contribution in [3.8, 4) is 0 Å². The smallest absolute Gasteiger partial charge is 0.00449 e. The van der Waals surface area contributed by atoms with Gasteiger partial charge in [0.2, 0.25) is 0 Å². The molecule has 0 aliphatic heterocycles. The van der Waals surface area contributed by atoms with Crippen molar-refractivity contribution < 1.29 is 0 Å². The molecule has 0 aromatic carbocycles. The lowest BCUT2D eigenvalue weighted by atomic mass is 9.76. The lowest BCUT2D eigenvalue weighted by Gasteiger charge is -2.31. The van der Waals surface area contributed by atoms with Crippen LogP contribution in [0, 0.1) is 11.8 Å². The maximum atomic E-state index is 5.96. The number of hydrogen-bond donors (Lipinski definition) is 1. The Bertz CT molecular complexity index is 232. The van der Waals surface area contributed by atoms with Gasteiger partial charge in [0.25, 0.3) is 0 Å². The van der Waals surface area contributed by atoms with Gasteiger partial charge in [0, 0.05) is 6.04 Å². The number of nitrogens with two attached hydrogens (primary N) is 1. The summed E-state index contributed by atoms with van der Waals surface area (Å²) < 4.78 is 0. The first kappa shape index (κ1) is 11.2. The zero-order valence-corrected chi connectivity index (χ0v) is 10.3. The minimum atomic E-state index is 0.479. The molecule has 0 aromatic heterocycles. The summed E-state index contributed by atoms with van der Waals surface area (Å²) in [4.78, 5) is 0. The Morgan fingerprint density at radius 1 is 0.933 bits per heavy atom. The molecule has 2 rings (SSSR count). The molecule has 2 aliphatic rings. The molecule has 0 spiro atoms. The molecule has 1 heteroatoms. The fourth-order valence-corrected chi connectivity index (χ4v) is 3.41. The van der Waals surface area contributed by atoms with E-state index in [1.807, 2.05) is 0 Å². The van der Waals surface area contributed by atoms with E-state index in [1.165, 1.54) is 44.9 Å². The molecule has 0 aromatic rings. The third-order valence-electron chi connectivity index (χ3n) is 4.13. The average molecular weight is 207 g/mol. The summed E-state index contributed by atoms with van der Waals surface area (Å²) in [6.07, 6.45) is 9.19. The van der Waals surface area contributed by atoms with Crippen LogP contribution in [0.4, 0.5) is 0 Å². The number of hydrogen-bond acceptors (Lipinski definition) is 1. The minimum absolute atomic E-state index is 0.479. The Kier molecular flexibility index (Phi) is 3.50. The molecule has 0 radical (unpaired) electrons. The van der Waals surface area contributed by atoms with Crippen LogP contribution in [0.1, 0.15) is 58.8 Å². The molecule has 2 atom stereocenters. The summed E-state index contributed by atoms with van der Waals surface area (Å²) in [6.45, 7) is 4.82. The van der Waals surface area contributed by atoms with Gasteiger partial charge < -0.3 is 5.73 Å². The summed E-state index contributed by atoms with van der Waals surface area (Å²) >= 11 is 0. The normalized spacial score (nSPS) is 38.2. The predicted molar refractivity (Wildman–Crippen MR) is 65.6 cm³/mol. The zero-order valence-electron chi connectivity index (χ0n) is 10.3. The van der Waals surface area contributed by atoms with E-state index in [0.29, 0.717) is 6.04 Å². The highest BCUT2D eigenvalue weighted by atomic mass is 14.6. The van der Waals surface area contributed by atoms with Gasteiger partial charge in [-0.3, -0.25) is 0 Å². The largest absolute Gasteiger partial charge is 0.328 e. The van der Waals surface area contributed by atoms with Crippen molar-refractivity contribution in [2.24, 2.45) is 17.6 Å². The molecule has 0 saturated heterocycles. The Hall–Kier alpha value is -0.300. The SMILES string of the molecule is CC1CC(=C2CCC(N)CC2)CC(C)C1. The first-order valence-corrected chi connectivity index (χ1v) is 6.60. The standard InChI is InChI=1S/C14H25N/c1-10-7-11(2)9-13(8-10)12-3-5-14(15)6-4-12/h10-11,14H,3-9,15H2,1-2H3. The quantitative estimate of drug-likeness (QED) is 0.603. The number of rotatable bonds is 0. The molecule has 2 unspecified atom stereocenters. The van der Waals surface area contributed by atoms with Crippen molar-refractivity contribution in [2.45, 2.75) is 64.8 Å². The second-order valence-corrected chi connectivity index (χ2v) is 5.90. The first-order valence-electron chi connectivity index (χ1n) is 6.60. The summed E-state index contributed by atoms with van der Waals surface area (Å²) in [5.41, 5.74) is 9.53. The van der Waals surface area contributed by atoms with Gasteiger partial charge in [-0.25, -0.2) is 0 Å². The van der Waals surface area contributed by atoms with Crippen molar-refractivity contribution in [2.75, 3.05) is 0 Å². The van der Waals surface area contributed by atoms with Gasteiger partial charge >= 0.3 is 0 Å². The average Bonchev–Trinajstić information content (AvgIpc) is 2.17. The molecule has 2 fully saturated rings. The van der Waals surface area contributed by atoms with Crippen LogP contribution in [-0.2, 0) is 0 Å². The molecular weight excluding hydrogens is 182 g/mol. The van der Waals surface area contributed by atoms with Gasteiger partial charge in [-0.15, -0.1) is 0 Å². The summed E-state index contributed by atoms with van der Waals surface area (Å²) in [5.74, 6) is 1.82. The molecule has 0 bridgehead atoms. The van der Waals surface area contributed by atoms with Gasteiger partial charge in [0.05, 0.1) is 0 Å². The van der Waals surface area contributed by atoms with Crippen LogP contribution in [0.3, 0.4) is 0 Å². The Balaban J connectivity index is 2.04. The van der Waals surface area contributed by atoms with Gasteiger partial charge in [-0.05, 0) is 56.8 Å². The van der Waals surface area contributed by atoms with E-state index in [9.17, 15) is 0 Å².